The van der Waals surface area contributed by atoms with E-state index in [2.05, 4.69) is 17.2 Å². The van der Waals surface area contributed by atoms with Gasteiger partial charge in [-0.15, -0.1) is 11.3 Å². The molecule has 98 valence electrons. The number of nitrogens with zero attached hydrogens (tertiary/aromatic N) is 1. The Balaban J connectivity index is 2.47. The molecular weight excluding hydrogens is 248 g/mol. The number of thiophene rings is 1. The lowest BCUT2D eigenvalue weighted by molar-refractivity contribution is 0.0951. The molecule has 1 heterocycles. The smallest absolute Gasteiger partial charge is 0.252 e. The van der Waals surface area contributed by atoms with Crippen LogP contribution in [-0.2, 0) is 0 Å². The zero-order valence-corrected chi connectivity index (χ0v) is 11.5. The molecule has 1 aromatic rings. The van der Waals surface area contributed by atoms with Gasteiger partial charge in [0.05, 0.1) is 17.0 Å². The molecule has 0 atom stereocenters. The number of amides is 1. The van der Waals surface area contributed by atoms with E-state index in [1.165, 1.54) is 11.3 Å². The van der Waals surface area contributed by atoms with Gasteiger partial charge < -0.3 is 15.3 Å². The van der Waals surface area contributed by atoms with Crippen molar-refractivity contribution in [3.63, 3.8) is 0 Å². The molecule has 0 aromatic carbocycles. The van der Waals surface area contributed by atoms with Crippen molar-refractivity contribution in [1.29, 1.82) is 0 Å². The fourth-order valence-corrected chi connectivity index (χ4v) is 1.98. The third kappa shape index (κ3) is 5.32. The first-order valence-corrected chi connectivity index (χ1v) is 6.62. The Hall–Kier alpha value is -1.35. The minimum absolute atomic E-state index is 0.0657. The van der Waals surface area contributed by atoms with Crippen molar-refractivity contribution in [1.82, 2.24) is 10.2 Å². The van der Waals surface area contributed by atoms with E-state index in [0.29, 0.717) is 18.5 Å². The number of rotatable bonds is 5. The van der Waals surface area contributed by atoms with E-state index in [4.69, 9.17) is 5.11 Å². The highest BCUT2D eigenvalue weighted by Crippen LogP contribution is 2.13. The molecule has 1 aromatic heterocycles. The van der Waals surface area contributed by atoms with Gasteiger partial charge in [0.1, 0.15) is 0 Å². The summed E-state index contributed by atoms with van der Waals surface area (Å²) in [7, 11) is 3.93. The van der Waals surface area contributed by atoms with Gasteiger partial charge in [0, 0.05) is 24.9 Å². The first-order chi connectivity index (χ1) is 8.63. The molecule has 0 aliphatic carbocycles. The molecular formula is C13H18N2O2S. The van der Waals surface area contributed by atoms with Gasteiger partial charge in [0.2, 0.25) is 0 Å². The maximum absolute atomic E-state index is 11.8. The quantitative estimate of drug-likeness (QED) is 0.774. The van der Waals surface area contributed by atoms with Gasteiger partial charge >= 0.3 is 0 Å². The highest BCUT2D eigenvalue weighted by Gasteiger charge is 2.07. The predicted octanol–water partition coefficient (Wildman–Crippen LogP) is 0.773. The van der Waals surface area contributed by atoms with Crippen LogP contribution < -0.4 is 5.32 Å². The van der Waals surface area contributed by atoms with Gasteiger partial charge in [-0.1, -0.05) is 11.8 Å². The van der Waals surface area contributed by atoms with Crippen LogP contribution in [0.2, 0.25) is 0 Å². The number of nitrogens with one attached hydrogen (secondary N) is 1. The molecule has 0 spiro atoms. The van der Waals surface area contributed by atoms with Gasteiger partial charge in [0.15, 0.2) is 0 Å². The average Bonchev–Trinajstić information content (AvgIpc) is 2.77. The van der Waals surface area contributed by atoms with Crippen LogP contribution in [0.3, 0.4) is 0 Å². The third-order valence-corrected chi connectivity index (χ3v) is 3.00. The van der Waals surface area contributed by atoms with E-state index in [1.54, 1.807) is 11.4 Å². The lowest BCUT2D eigenvalue weighted by atomic mass is 10.3. The van der Waals surface area contributed by atoms with Crippen molar-refractivity contribution in [3.8, 4) is 11.8 Å². The summed E-state index contributed by atoms with van der Waals surface area (Å²) in [5, 5.41) is 13.3. The minimum atomic E-state index is -0.0664. The summed E-state index contributed by atoms with van der Waals surface area (Å²) in [6.45, 7) is 1.52. The topological polar surface area (TPSA) is 52.6 Å². The summed E-state index contributed by atoms with van der Waals surface area (Å²) >= 11 is 1.44. The Labute approximate surface area is 112 Å². The molecule has 0 saturated heterocycles. The monoisotopic (exact) mass is 266 g/mol. The lowest BCUT2D eigenvalue weighted by Crippen LogP contribution is -2.31. The molecule has 0 fully saturated rings. The second kappa shape index (κ2) is 7.88. The summed E-state index contributed by atoms with van der Waals surface area (Å²) in [4.78, 5) is 14.6. The number of aliphatic hydroxyl groups excluding tert-OH is 1. The molecule has 1 rings (SSSR count). The van der Waals surface area contributed by atoms with Crippen LogP contribution in [0, 0.1) is 11.8 Å². The molecule has 0 radical (unpaired) electrons. The van der Waals surface area contributed by atoms with E-state index in [-0.39, 0.29) is 12.5 Å². The fourth-order valence-electron chi connectivity index (χ4n) is 1.22. The zero-order valence-electron chi connectivity index (χ0n) is 10.7. The van der Waals surface area contributed by atoms with Crippen LogP contribution in [0.25, 0.3) is 0 Å². The molecule has 1 amide bonds. The van der Waals surface area contributed by atoms with Gasteiger partial charge in [-0.25, -0.2) is 0 Å². The number of aliphatic hydroxyl groups is 1. The third-order valence-electron chi connectivity index (χ3n) is 2.15. The number of carbonyl (C=O) groups excluding carboxylic acids is 1. The highest BCUT2D eigenvalue weighted by atomic mass is 32.1. The van der Waals surface area contributed by atoms with Crippen LogP contribution in [0.1, 0.15) is 21.7 Å². The Morgan fingerprint density at radius 3 is 3.00 bits per heavy atom. The van der Waals surface area contributed by atoms with E-state index < -0.39 is 0 Å². The summed E-state index contributed by atoms with van der Waals surface area (Å²) < 4.78 is 0. The number of hydrogen-bond acceptors (Lipinski definition) is 4. The molecule has 18 heavy (non-hydrogen) atoms. The normalized spacial score (nSPS) is 10.0. The average molecular weight is 266 g/mol. The number of likely N-dealkylation sites (N-methyl/N-ethyl adjacent to an activating group) is 1. The van der Waals surface area contributed by atoms with Gasteiger partial charge in [-0.2, -0.15) is 0 Å². The molecule has 4 nitrogen and oxygen atoms in total. The van der Waals surface area contributed by atoms with Crippen LogP contribution in [0.5, 0.6) is 0 Å². The first-order valence-electron chi connectivity index (χ1n) is 5.74. The van der Waals surface area contributed by atoms with Crippen LogP contribution in [0.4, 0.5) is 0 Å². The van der Waals surface area contributed by atoms with Crippen LogP contribution in [-0.4, -0.2) is 49.7 Å². The molecule has 0 aliphatic heterocycles. The van der Waals surface area contributed by atoms with Crippen molar-refractivity contribution in [2.75, 3.05) is 33.8 Å². The first kappa shape index (κ1) is 14.7. The maximum Gasteiger partial charge on any atom is 0.252 e. The van der Waals surface area contributed by atoms with Crippen LogP contribution >= 0.6 is 11.3 Å². The second-order valence-corrected chi connectivity index (χ2v) is 4.95. The van der Waals surface area contributed by atoms with Crippen molar-refractivity contribution in [3.05, 3.63) is 21.9 Å². The predicted molar refractivity (Wildman–Crippen MR) is 73.8 cm³/mol. The fraction of sp³-hybridized carbons (Fsp3) is 0.462. The largest absolute Gasteiger partial charge is 0.395 e. The van der Waals surface area contributed by atoms with E-state index in [1.807, 2.05) is 19.0 Å². The molecule has 0 bridgehead atoms. The molecule has 5 heteroatoms. The summed E-state index contributed by atoms with van der Waals surface area (Å²) in [6, 6.07) is 1.78. The SMILES string of the molecule is CN(C)CCNC(=O)c1csc(C#CCCO)c1. The molecule has 0 aliphatic rings. The summed E-state index contributed by atoms with van der Waals surface area (Å²) in [5.41, 5.74) is 0.645. The van der Waals surface area contributed by atoms with E-state index in [9.17, 15) is 4.79 Å². The Morgan fingerprint density at radius 2 is 2.33 bits per heavy atom. The molecule has 0 unspecified atom stereocenters. The van der Waals surface area contributed by atoms with Crippen molar-refractivity contribution in [2.45, 2.75) is 6.42 Å². The van der Waals surface area contributed by atoms with Gasteiger partial charge in [-0.05, 0) is 20.2 Å². The van der Waals surface area contributed by atoms with Crippen molar-refractivity contribution in [2.24, 2.45) is 0 Å². The zero-order chi connectivity index (χ0) is 13.4. The lowest BCUT2D eigenvalue weighted by Gasteiger charge is -2.09. The molecule has 2 N–H and O–H groups in total. The Morgan fingerprint density at radius 1 is 1.56 bits per heavy atom. The van der Waals surface area contributed by atoms with E-state index in [0.717, 1.165) is 11.4 Å². The maximum atomic E-state index is 11.8. The van der Waals surface area contributed by atoms with Crippen molar-refractivity contribution >= 4 is 17.2 Å². The standard InChI is InChI=1S/C13H18N2O2S/c1-15(2)7-6-14-13(17)11-9-12(18-10-11)5-3-4-8-16/h9-10,16H,4,6-8H2,1-2H3,(H,14,17). The van der Waals surface area contributed by atoms with Crippen LogP contribution in [0.15, 0.2) is 11.4 Å². The van der Waals surface area contributed by atoms with Crippen molar-refractivity contribution < 1.29 is 9.90 Å². The Bertz CT molecular complexity index is 443. The minimum Gasteiger partial charge on any atom is -0.395 e. The molecule has 0 saturated carbocycles. The van der Waals surface area contributed by atoms with Gasteiger partial charge in [0.25, 0.3) is 5.91 Å². The van der Waals surface area contributed by atoms with Gasteiger partial charge in [-0.3, -0.25) is 4.79 Å². The summed E-state index contributed by atoms with van der Waals surface area (Å²) in [6.07, 6.45) is 0.461. The summed E-state index contributed by atoms with van der Waals surface area (Å²) in [5.74, 6) is 5.68. The Kier molecular flexibility index (Phi) is 6.44. The number of hydrogen-bond donors (Lipinski definition) is 2. The number of carbonyl (C=O) groups is 1. The second-order valence-electron chi connectivity index (χ2n) is 4.03. The highest BCUT2D eigenvalue weighted by molar-refractivity contribution is 7.10. The van der Waals surface area contributed by atoms with E-state index >= 15 is 0 Å².